The highest BCUT2D eigenvalue weighted by Crippen LogP contribution is 2.06. The van der Waals surface area contributed by atoms with Crippen molar-refractivity contribution in [3.63, 3.8) is 0 Å². The van der Waals surface area contributed by atoms with Crippen molar-refractivity contribution in [2.24, 2.45) is 0 Å². The van der Waals surface area contributed by atoms with Gasteiger partial charge in [0, 0.05) is 17.4 Å². The third-order valence-electron chi connectivity index (χ3n) is 1.60. The van der Waals surface area contributed by atoms with Crippen molar-refractivity contribution < 1.29 is 10.0 Å². The van der Waals surface area contributed by atoms with Crippen molar-refractivity contribution in [3.05, 3.63) is 18.2 Å². The fourth-order valence-corrected chi connectivity index (χ4v) is 1.03. The van der Waals surface area contributed by atoms with Gasteiger partial charge in [0.15, 0.2) is 0 Å². The van der Waals surface area contributed by atoms with Gasteiger partial charge in [-0.3, -0.25) is 0 Å². The Morgan fingerprint density at radius 1 is 1.42 bits per heavy atom. The molecule has 1 aromatic rings. The van der Waals surface area contributed by atoms with Crippen molar-refractivity contribution in [3.8, 4) is 0 Å². The molecule has 0 atom stereocenters. The summed E-state index contributed by atoms with van der Waals surface area (Å²) < 4.78 is 0. The number of hydrogen-bond donors (Lipinski definition) is 2. The molecular formula is C7H11BN2O2. The third kappa shape index (κ3) is 1.81. The molecule has 0 saturated heterocycles. The zero-order valence-corrected chi connectivity index (χ0v) is 7.10. The molecule has 5 heteroatoms. The van der Waals surface area contributed by atoms with Crippen molar-refractivity contribution >= 4 is 12.6 Å². The first-order valence-corrected chi connectivity index (χ1v) is 3.79. The van der Waals surface area contributed by atoms with E-state index >= 15 is 0 Å². The van der Waals surface area contributed by atoms with Crippen molar-refractivity contribution in [2.45, 2.75) is 19.8 Å². The monoisotopic (exact) mass is 166 g/mol. The number of rotatable bonds is 2. The molecule has 0 spiro atoms. The highest BCUT2D eigenvalue weighted by Gasteiger charge is 2.18. The second-order valence-electron chi connectivity index (χ2n) is 2.89. The van der Waals surface area contributed by atoms with E-state index in [1.807, 2.05) is 13.8 Å². The molecule has 0 aliphatic carbocycles. The summed E-state index contributed by atoms with van der Waals surface area (Å²) in [4.78, 5) is 7.69. The van der Waals surface area contributed by atoms with Crippen LogP contribution in [0.5, 0.6) is 0 Å². The van der Waals surface area contributed by atoms with Crippen LogP contribution in [0.25, 0.3) is 0 Å². The molecule has 0 aliphatic rings. The topological polar surface area (TPSA) is 66.2 Å². The molecule has 64 valence electrons. The van der Waals surface area contributed by atoms with Gasteiger partial charge in [0.05, 0.1) is 0 Å². The van der Waals surface area contributed by atoms with Crippen LogP contribution >= 0.6 is 0 Å². The van der Waals surface area contributed by atoms with Gasteiger partial charge in [0.1, 0.15) is 6.33 Å². The van der Waals surface area contributed by atoms with Crippen LogP contribution in [0, 0.1) is 0 Å². The lowest BCUT2D eigenvalue weighted by molar-refractivity contribution is 0.424. The van der Waals surface area contributed by atoms with Gasteiger partial charge in [-0.25, -0.2) is 9.97 Å². The van der Waals surface area contributed by atoms with Crippen LogP contribution in [0.4, 0.5) is 0 Å². The van der Waals surface area contributed by atoms with Gasteiger partial charge in [0.25, 0.3) is 0 Å². The first kappa shape index (κ1) is 9.16. The zero-order valence-electron chi connectivity index (χ0n) is 7.10. The minimum atomic E-state index is -1.48. The van der Waals surface area contributed by atoms with E-state index in [1.165, 1.54) is 12.5 Å². The quantitative estimate of drug-likeness (QED) is 0.569. The second kappa shape index (κ2) is 3.64. The molecular weight excluding hydrogens is 155 g/mol. The largest absolute Gasteiger partial charge is 0.491 e. The average Bonchev–Trinajstić information content (AvgIpc) is 2.04. The fraction of sp³-hybridized carbons (Fsp3) is 0.429. The maximum absolute atomic E-state index is 8.93. The SMILES string of the molecule is CC(C)c1ncncc1B(O)O. The van der Waals surface area contributed by atoms with Crippen LogP contribution in [-0.4, -0.2) is 27.1 Å². The Morgan fingerprint density at radius 2 is 2.08 bits per heavy atom. The van der Waals surface area contributed by atoms with Gasteiger partial charge >= 0.3 is 7.12 Å². The number of aromatic nitrogens is 2. The van der Waals surface area contributed by atoms with Gasteiger partial charge in [-0.2, -0.15) is 0 Å². The van der Waals surface area contributed by atoms with Crippen LogP contribution in [0.2, 0.25) is 0 Å². The standard InChI is InChI=1S/C7H11BN2O2/c1-5(2)7-6(8(11)12)3-9-4-10-7/h3-5,11-12H,1-2H3. The molecule has 0 unspecified atom stereocenters. The molecule has 1 heterocycles. The lowest BCUT2D eigenvalue weighted by Gasteiger charge is -2.08. The Labute approximate surface area is 71.4 Å². The fourth-order valence-electron chi connectivity index (χ4n) is 1.03. The van der Waals surface area contributed by atoms with Crippen LogP contribution in [0.1, 0.15) is 25.5 Å². The first-order valence-electron chi connectivity index (χ1n) is 3.79. The predicted molar refractivity (Wildman–Crippen MR) is 45.9 cm³/mol. The molecule has 1 rings (SSSR count). The van der Waals surface area contributed by atoms with Gasteiger partial charge < -0.3 is 10.0 Å². The zero-order chi connectivity index (χ0) is 9.14. The highest BCUT2D eigenvalue weighted by molar-refractivity contribution is 6.59. The molecule has 0 amide bonds. The Kier molecular flexibility index (Phi) is 2.78. The average molecular weight is 166 g/mol. The molecule has 0 aliphatic heterocycles. The Morgan fingerprint density at radius 3 is 2.50 bits per heavy atom. The smallest absolute Gasteiger partial charge is 0.423 e. The summed E-state index contributed by atoms with van der Waals surface area (Å²) in [5, 5.41) is 17.9. The van der Waals surface area contributed by atoms with E-state index < -0.39 is 7.12 Å². The van der Waals surface area contributed by atoms with Gasteiger partial charge in [-0.1, -0.05) is 13.8 Å². The van der Waals surface area contributed by atoms with Crippen LogP contribution < -0.4 is 5.46 Å². The summed E-state index contributed by atoms with van der Waals surface area (Å²) >= 11 is 0. The predicted octanol–water partition coefficient (Wildman–Crippen LogP) is -0.720. The normalized spacial score (nSPS) is 10.4. The number of hydrogen-bond acceptors (Lipinski definition) is 4. The number of nitrogens with zero attached hydrogens (tertiary/aromatic N) is 2. The summed E-state index contributed by atoms with van der Waals surface area (Å²) in [6, 6.07) is 0. The molecule has 0 fully saturated rings. The van der Waals surface area contributed by atoms with Gasteiger partial charge in [0.2, 0.25) is 0 Å². The minimum absolute atomic E-state index is 0.171. The summed E-state index contributed by atoms with van der Waals surface area (Å²) in [7, 11) is -1.48. The van der Waals surface area contributed by atoms with Gasteiger partial charge in [-0.05, 0) is 5.92 Å². The van der Waals surface area contributed by atoms with Crippen LogP contribution in [-0.2, 0) is 0 Å². The highest BCUT2D eigenvalue weighted by atomic mass is 16.4. The molecule has 0 bridgehead atoms. The van der Waals surface area contributed by atoms with E-state index in [0.717, 1.165) is 0 Å². The maximum Gasteiger partial charge on any atom is 0.491 e. The lowest BCUT2D eigenvalue weighted by atomic mass is 9.78. The Hall–Kier alpha value is -0.935. The minimum Gasteiger partial charge on any atom is -0.423 e. The van der Waals surface area contributed by atoms with E-state index in [1.54, 1.807) is 0 Å². The third-order valence-corrected chi connectivity index (χ3v) is 1.60. The van der Waals surface area contributed by atoms with Crippen LogP contribution in [0.3, 0.4) is 0 Å². The molecule has 0 radical (unpaired) electrons. The maximum atomic E-state index is 8.93. The van der Waals surface area contributed by atoms with E-state index in [-0.39, 0.29) is 5.92 Å². The first-order chi connectivity index (χ1) is 5.63. The van der Waals surface area contributed by atoms with E-state index in [2.05, 4.69) is 9.97 Å². The Bertz CT molecular complexity index is 238. The van der Waals surface area contributed by atoms with Gasteiger partial charge in [-0.15, -0.1) is 0 Å². The molecule has 0 aromatic carbocycles. The summed E-state index contributed by atoms with van der Waals surface area (Å²) in [6.45, 7) is 3.88. The van der Waals surface area contributed by atoms with Crippen LogP contribution in [0.15, 0.2) is 12.5 Å². The van der Waals surface area contributed by atoms with Crippen molar-refractivity contribution in [1.29, 1.82) is 0 Å². The van der Waals surface area contributed by atoms with E-state index in [0.29, 0.717) is 11.2 Å². The molecule has 1 aromatic heterocycles. The van der Waals surface area contributed by atoms with E-state index in [4.69, 9.17) is 10.0 Å². The molecule has 4 nitrogen and oxygen atoms in total. The van der Waals surface area contributed by atoms with Crippen molar-refractivity contribution in [2.75, 3.05) is 0 Å². The lowest BCUT2D eigenvalue weighted by Crippen LogP contribution is -2.34. The van der Waals surface area contributed by atoms with Crippen molar-refractivity contribution in [1.82, 2.24) is 9.97 Å². The van der Waals surface area contributed by atoms with E-state index in [9.17, 15) is 0 Å². The molecule has 12 heavy (non-hydrogen) atoms. The summed E-state index contributed by atoms with van der Waals surface area (Å²) in [5.41, 5.74) is 1.06. The summed E-state index contributed by atoms with van der Waals surface area (Å²) in [5.74, 6) is 0.171. The second-order valence-corrected chi connectivity index (χ2v) is 2.89. The molecule has 2 N–H and O–H groups in total. The summed E-state index contributed by atoms with van der Waals surface area (Å²) in [6.07, 6.45) is 2.83. The Balaban J connectivity index is 3.09. The molecule has 0 saturated carbocycles.